The second-order valence-electron chi connectivity index (χ2n) is 2.29. The fraction of sp³-hybridized carbons (Fsp3) is 0. The summed E-state index contributed by atoms with van der Waals surface area (Å²) < 4.78 is 29.5. The molecule has 0 saturated heterocycles. The molecule has 7 heteroatoms. The SMILES string of the molecule is O=C([O-])c1ccc(S(=O)(=O)O)cc1.[K+]. The number of carbonyl (C=O) groups excluding carboxylic acids is 1. The molecule has 0 atom stereocenters. The van der Waals surface area contributed by atoms with E-state index in [4.69, 9.17) is 4.55 Å². The van der Waals surface area contributed by atoms with Gasteiger partial charge in [-0.25, -0.2) is 0 Å². The second-order valence-corrected chi connectivity index (χ2v) is 3.71. The molecule has 14 heavy (non-hydrogen) atoms. The van der Waals surface area contributed by atoms with Crippen molar-refractivity contribution >= 4 is 16.1 Å². The van der Waals surface area contributed by atoms with Gasteiger partial charge in [0, 0.05) is 0 Å². The molecule has 0 amide bonds. The largest absolute Gasteiger partial charge is 1.00 e. The van der Waals surface area contributed by atoms with Gasteiger partial charge in [0.05, 0.1) is 10.9 Å². The zero-order valence-electron chi connectivity index (χ0n) is 7.30. The molecule has 5 nitrogen and oxygen atoms in total. The Labute approximate surface area is 123 Å². The van der Waals surface area contributed by atoms with Crippen LogP contribution in [0.5, 0.6) is 0 Å². The molecule has 0 fully saturated rings. The van der Waals surface area contributed by atoms with Gasteiger partial charge in [-0.1, -0.05) is 12.1 Å². The minimum atomic E-state index is -4.26. The molecule has 0 saturated carbocycles. The molecule has 0 heterocycles. The van der Waals surface area contributed by atoms with Crippen LogP contribution in [0.3, 0.4) is 0 Å². The molecule has 1 aromatic carbocycles. The molecular formula is C7H5KO5S. The van der Waals surface area contributed by atoms with Crippen molar-refractivity contribution in [3.8, 4) is 0 Å². The summed E-state index contributed by atoms with van der Waals surface area (Å²) in [6, 6.07) is 4.05. The minimum absolute atomic E-state index is 0. The third-order valence-electron chi connectivity index (χ3n) is 1.39. The van der Waals surface area contributed by atoms with Gasteiger partial charge in [0.2, 0.25) is 0 Å². The molecule has 0 bridgehead atoms. The van der Waals surface area contributed by atoms with Crippen LogP contribution in [0, 0.1) is 0 Å². The predicted molar refractivity (Wildman–Crippen MR) is 40.6 cm³/mol. The maximum Gasteiger partial charge on any atom is 1.00 e. The number of hydrogen-bond acceptors (Lipinski definition) is 4. The van der Waals surface area contributed by atoms with E-state index in [1.807, 2.05) is 0 Å². The van der Waals surface area contributed by atoms with Gasteiger partial charge in [0.1, 0.15) is 0 Å². The van der Waals surface area contributed by atoms with Crippen LogP contribution in [-0.2, 0) is 10.1 Å². The Morgan fingerprint density at radius 2 is 1.64 bits per heavy atom. The van der Waals surface area contributed by atoms with E-state index < -0.39 is 16.1 Å². The number of hydrogen-bond donors (Lipinski definition) is 1. The Morgan fingerprint density at radius 3 is 1.93 bits per heavy atom. The Balaban J connectivity index is 0.00000169. The van der Waals surface area contributed by atoms with E-state index >= 15 is 0 Å². The van der Waals surface area contributed by atoms with Gasteiger partial charge in [-0.15, -0.1) is 0 Å². The molecule has 0 radical (unpaired) electrons. The fourth-order valence-corrected chi connectivity index (χ4v) is 1.24. The maximum absolute atomic E-state index is 10.5. The zero-order chi connectivity index (χ0) is 10.1. The van der Waals surface area contributed by atoms with E-state index in [-0.39, 0.29) is 61.8 Å². The van der Waals surface area contributed by atoms with E-state index in [1.54, 1.807) is 0 Å². The molecule has 0 unspecified atom stereocenters. The maximum atomic E-state index is 10.5. The summed E-state index contributed by atoms with van der Waals surface area (Å²) in [5.74, 6) is -1.40. The number of benzene rings is 1. The van der Waals surface area contributed by atoms with E-state index in [0.717, 1.165) is 24.3 Å². The first-order chi connectivity index (χ1) is 5.91. The first-order valence-electron chi connectivity index (χ1n) is 3.20. The molecular weight excluding hydrogens is 235 g/mol. The topological polar surface area (TPSA) is 94.5 Å². The quantitative estimate of drug-likeness (QED) is 0.424. The van der Waals surface area contributed by atoms with Crippen LogP contribution in [0.4, 0.5) is 0 Å². The summed E-state index contributed by atoms with van der Waals surface area (Å²) >= 11 is 0. The van der Waals surface area contributed by atoms with Crippen molar-refractivity contribution in [1.82, 2.24) is 0 Å². The van der Waals surface area contributed by atoms with Gasteiger partial charge in [0.25, 0.3) is 10.1 Å². The van der Waals surface area contributed by atoms with Crippen molar-refractivity contribution in [3.05, 3.63) is 29.8 Å². The number of carboxylic acids is 1. The van der Waals surface area contributed by atoms with E-state index in [0.29, 0.717) is 0 Å². The summed E-state index contributed by atoms with van der Waals surface area (Å²) in [5, 5.41) is 10.2. The zero-order valence-corrected chi connectivity index (χ0v) is 11.2. The van der Waals surface area contributed by atoms with Gasteiger partial charge in [-0.3, -0.25) is 4.55 Å². The molecule has 70 valence electrons. The number of aromatic carboxylic acids is 1. The molecule has 0 aliphatic rings. The molecule has 1 aromatic rings. The van der Waals surface area contributed by atoms with E-state index in [1.165, 1.54) is 0 Å². The van der Waals surface area contributed by atoms with Crippen LogP contribution >= 0.6 is 0 Å². The average Bonchev–Trinajstić information content (AvgIpc) is 2.03. The normalized spacial score (nSPS) is 10.4. The number of carbonyl (C=O) groups is 1. The van der Waals surface area contributed by atoms with Crippen LogP contribution in [0.2, 0.25) is 0 Å². The summed E-state index contributed by atoms with van der Waals surface area (Å²) in [6.07, 6.45) is 0. The van der Waals surface area contributed by atoms with Gasteiger partial charge in [-0.2, -0.15) is 8.42 Å². The Kier molecular flexibility index (Phi) is 5.45. The van der Waals surface area contributed by atoms with Gasteiger partial charge in [-0.05, 0) is 17.7 Å². The second kappa shape index (κ2) is 5.36. The molecule has 0 aromatic heterocycles. The van der Waals surface area contributed by atoms with Crippen LogP contribution < -0.4 is 56.5 Å². The summed E-state index contributed by atoms with van der Waals surface area (Å²) in [4.78, 5) is 9.89. The van der Waals surface area contributed by atoms with Crippen LogP contribution in [-0.4, -0.2) is 18.9 Å². The number of rotatable bonds is 2. The van der Waals surface area contributed by atoms with E-state index in [2.05, 4.69) is 0 Å². The van der Waals surface area contributed by atoms with Gasteiger partial charge >= 0.3 is 51.4 Å². The first-order valence-corrected chi connectivity index (χ1v) is 4.64. The van der Waals surface area contributed by atoms with Gasteiger partial charge < -0.3 is 9.90 Å². The van der Waals surface area contributed by atoms with Crippen LogP contribution in [0.1, 0.15) is 10.4 Å². The van der Waals surface area contributed by atoms with Crippen molar-refractivity contribution in [1.29, 1.82) is 0 Å². The minimum Gasteiger partial charge on any atom is -0.545 e. The molecule has 0 aliphatic heterocycles. The van der Waals surface area contributed by atoms with Crippen LogP contribution in [0.15, 0.2) is 29.2 Å². The summed E-state index contributed by atoms with van der Waals surface area (Å²) in [6.45, 7) is 0. The molecule has 1 N–H and O–H groups in total. The predicted octanol–water partition coefficient (Wildman–Crippen LogP) is -3.70. The van der Waals surface area contributed by atoms with Crippen LogP contribution in [0.25, 0.3) is 0 Å². The summed E-state index contributed by atoms with van der Waals surface area (Å²) in [5.41, 5.74) is -0.146. The van der Waals surface area contributed by atoms with Crippen molar-refractivity contribution in [2.75, 3.05) is 0 Å². The van der Waals surface area contributed by atoms with Crippen molar-refractivity contribution in [3.63, 3.8) is 0 Å². The monoisotopic (exact) mass is 240 g/mol. The third-order valence-corrected chi connectivity index (χ3v) is 2.26. The molecule has 0 aliphatic carbocycles. The third kappa shape index (κ3) is 3.77. The Hall–Kier alpha value is 0.236. The van der Waals surface area contributed by atoms with Crippen molar-refractivity contribution < 1.29 is 74.3 Å². The standard InChI is InChI=1S/C7H6O5S.K/c8-7(9)5-1-3-6(4-2-5)13(10,11)12;/h1-4H,(H,8,9)(H,10,11,12);/q;+1/p-1. The van der Waals surface area contributed by atoms with Crippen molar-refractivity contribution in [2.45, 2.75) is 4.90 Å². The Bertz CT molecular complexity index is 422. The average molecular weight is 240 g/mol. The fourth-order valence-electron chi connectivity index (χ4n) is 0.763. The van der Waals surface area contributed by atoms with Crippen molar-refractivity contribution in [2.24, 2.45) is 0 Å². The van der Waals surface area contributed by atoms with E-state index in [9.17, 15) is 18.3 Å². The number of carboxylic acid groups (broad SMARTS) is 1. The van der Waals surface area contributed by atoms with Gasteiger partial charge in [0.15, 0.2) is 0 Å². The molecule has 0 spiro atoms. The molecule has 1 rings (SSSR count). The smallest absolute Gasteiger partial charge is 0.545 e. The summed E-state index contributed by atoms with van der Waals surface area (Å²) in [7, 11) is -4.26. The first kappa shape index (κ1) is 14.2. The Morgan fingerprint density at radius 1 is 1.21 bits per heavy atom.